The largest absolute Gasteiger partial charge is 0.387 e. The Bertz CT molecular complexity index is 1260. The van der Waals surface area contributed by atoms with Crippen LogP contribution in [0, 0.1) is 0 Å². The standard InChI is InChI=1S/C19H24N12O3/c1-2-31-28-16(27-29-31)14-12(32)13(33)18(34-14)30-9-24-11-15(20)25-19(26-17(11)30)23-8-7-22-10-5-3-4-6-21-10/h3-6,9,12-14,18,32-33H,2,7-8H2,1H3,(H,21,22)(H3,20,23,25,26)/t12-,13+,14-,18+/m0/s1. The summed E-state index contributed by atoms with van der Waals surface area (Å²) in [4.78, 5) is 18.6. The molecule has 15 nitrogen and oxygen atoms in total. The number of nitrogens with one attached hydrogen (secondary N) is 2. The summed E-state index contributed by atoms with van der Waals surface area (Å²) in [6, 6.07) is 5.60. The number of pyridine rings is 1. The van der Waals surface area contributed by atoms with Gasteiger partial charge in [0.05, 0.1) is 12.9 Å². The number of aliphatic hydroxyl groups excluding tert-OH is 2. The number of aryl methyl sites for hydroxylation is 1. The smallest absolute Gasteiger partial charge is 0.226 e. The van der Waals surface area contributed by atoms with Crippen molar-refractivity contribution in [2.24, 2.45) is 0 Å². The van der Waals surface area contributed by atoms with Crippen LogP contribution in [0.4, 0.5) is 17.6 Å². The molecule has 6 N–H and O–H groups in total. The van der Waals surface area contributed by atoms with Gasteiger partial charge in [-0.3, -0.25) is 4.57 Å². The van der Waals surface area contributed by atoms with Crippen LogP contribution in [0.5, 0.6) is 0 Å². The number of rotatable bonds is 8. The molecule has 4 aromatic rings. The van der Waals surface area contributed by atoms with Gasteiger partial charge in [-0.1, -0.05) is 6.07 Å². The average Bonchev–Trinajstić information content (AvgIpc) is 3.56. The van der Waals surface area contributed by atoms with Crippen molar-refractivity contribution in [3.63, 3.8) is 0 Å². The van der Waals surface area contributed by atoms with Crippen molar-refractivity contribution in [2.45, 2.75) is 38.0 Å². The number of nitrogens with two attached hydrogens (primary N) is 1. The first kappa shape index (κ1) is 21.9. The Morgan fingerprint density at radius 1 is 1.12 bits per heavy atom. The lowest BCUT2D eigenvalue weighted by Gasteiger charge is -2.16. The summed E-state index contributed by atoms with van der Waals surface area (Å²) in [7, 11) is 0. The molecule has 0 bridgehead atoms. The number of ether oxygens (including phenoxy) is 1. The molecular weight excluding hydrogens is 444 g/mol. The van der Waals surface area contributed by atoms with Crippen LogP contribution in [0.1, 0.15) is 25.1 Å². The van der Waals surface area contributed by atoms with E-state index >= 15 is 0 Å². The second-order valence-corrected chi connectivity index (χ2v) is 7.59. The van der Waals surface area contributed by atoms with E-state index in [-0.39, 0.29) is 17.6 Å². The van der Waals surface area contributed by atoms with E-state index in [1.165, 1.54) is 15.7 Å². The molecule has 0 aromatic carbocycles. The molecule has 5 heterocycles. The minimum Gasteiger partial charge on any atom is -0.387 e. The Morgan fingerprint density at radius 2 is 1.97 bits per heavy atom. The number of aliphatic hydroxyl groups is 2. The second-order valence-electron chi connectivity index (χ2n) is 7.59. The summed E-state index contributed by atoms with van der Waals surface area (Å²) < 4.78 is 7.42. The van der Waals surface area contributed by atoms with E-state index in [2.05, 4.69) is 46.0 Å². The second kappa shape index (κ2) is 9.12. The van der Waals surface area contributed by atoms with E-state index in [4.69, 9.17) is 10.5 Å². The molecule has 4 atom stereocenters. The normalized spacial score (nSPS) is 22.3. The van der Waals surface area contributed by atoms with E-state index in [0.29, 0.717) is 30.8 Å². The van der Waals surface area contributed by atoms with Gasteiger partial charge >= 0.3 is 0 Å². The van der Waals surface area contributed by atoms with Crippen LogP contribution in [0.25, 0.3) is 11.2 Å². The summed E-state index contributed by atoms with van der Waals surface area (Å²) in [6.07, 6.45) is -1.38. The molecular formula is C19H24N12O3. The molecule has 1 saturated heterocycles. The van der Waals surface area contributed by atoms with Gasteiger partial charge in [-0.25, -0.2) is 9.97 Å². The molecule has 0 saturated carbocycles. The van der Waals surface area contributed by atoms with Gasteiger partial charge in [0.25, 0.3) is 0 Å². The topological polar surface area (TPSA) is 200 Å². The van der Waals surface area contributed by atoms with Gasteiger partial charge in [-0.15, -0.1) is 10.2 Å². The van der Waals surface area contributed by atoms with Crippen LogP contribution in [-0.2, 0) is 11.3 Å². The summed E-state index contributed by atoms with van der Waals surface area (Å²) in [5.41, 5.74) is 6.78. The SMILES string of the molecule is CCn1nnc([C@H]2O[C@@H](n3cnc4c(N)nc(NCCNc5ccccn5)nc43)[C@H](O)[C@@H]2O)n1. The monoisotopic (exact) mass is 468 g/mol. The Morgan fingerprint density at radius 3 is 2.74 bits per heavy atom. The molecule has 0 unspecified atom stereocenters. The number of hydrogen-bond donors (Lipinski definition) is 5. The molecule has 178 valence electrons. The molecule has 0 radical (unpaired) electrons. The number of hydrogen-bond acceptors (Lipinski definition) is 13. The lowest BCUT2D eigenvalue weighted by atomic mass is 10.1. The third-order valence-electron chi connectivity index (χ3n) is 5.35. The first-order chi connectivity index (χ1) is 16.5. The molecule has 34 heavy (non-hydrogen) atoms. The quantitative estimate of drug-likeness (QED) is 0.204. The highest BCUT2D eigenvalue weighted by Gasteiger charge is 2.47. The third kappa shape index (κ3) is 4.07. The number of aromatic nitrogens is 9. The molecule has 0 amide bonds. The zero-order valence-corrected chi connectivity index (χ0v) is 18.2. The molecule has 5 rings (SSSR count). The number of tetrazole rings is 1. The molecule has 1 fully saturated rings. The summed E-state index contributed by atoms with van der Waals surface area (Å²) in [5.74, 6) is 1.39. The van der Waals surface area contributed by atoms with E-state index in [1.54, 1.807) is 6.20 Å². The zero-order valence-electron chi connectivity index (χ0n) is 18.2. The fourth-order valence-electron chi connectivity index (χ4n) is 3.64. The van der Waals surface area contributed by atoms with E-state index in [9.17, 15) is 10.2 Å². The molecule has 15 heteroatoms. The van der Waals surface area contributed by atoms with Gasteiger partial charge in [0.1, 0.15) is 23.5 Å². The highest BCUT2D eigenvalue weighted by Crippen LogP contribution is 2.38. The Labute approximate surface area is 193 Å². The Kier molecular flexibility index (Phi) is 5.87. The summed E-state index contributed by atoms with van der Waals surface area (Å²) >= 11 is 0. The van der Waals surface area contributed by atoms with Gasteiger partial charge in [-0.05, 0) is 24.3 Å². The molecule has 1 aliphatic rings. The predicted molar refractivity (Wildman–Crippen MR) is 119 cm³/mol. The van der Waals surface area contributed by atoms with Gasteiger partial charge < -0.3 is 31.3 Å². The highest BCUT2D eigenvalue weighted by atomic mass is 16.6. The molecule has 0 spiro atoms. The van der Waals surface area contributed by atoms with Crippen molar-refractivity contribution in [1.82, 2.24) is 44.7 Å². The van der Waals surface area contributed by atoms with Crippen molar-refractivity contribution >= 4 is 28.7 Å². The maximum absolute atomic E-state index is 10.7. The van der Waals surface area contributed by atoms with Crippen LogP contribution >= 0.6 is 0 Å². The number of anilines is 3. The summed E-state index contributed by atoms with van der Waals surface area (Å²) in [5, 5.41) is 39.5. The van der Waals surface area contributed by atoms with Crippen molar-refractivity contribution in [3.05, 3.63) is 36.5 Å². The Balaban J connectivity index is 1.33. The first-order valence-corrected chi connectivity index (χ1v) is 10.7. The molecule has 4 aromatic heterocycles. The average molecular weight is 468 g/mol. The maximum atomic E-state index is 10.7. The minimum absolute atomic E-state index is 0.168. The van der Waals surface area contributed by atoms with Gasteiger partial charge in [0.15, 0.2) is 23.8 Å². The zero-order chi connectivity index (χ0) is 23.7. The van der Waals surface area contributed by atoms with E-state index in [0.717, 1.165) is 5.82 Å². The maximum Gasteiger partial charge on any atom is 0.226 e. The van der Waals surface area contributed by atoms with Crippen molar-refractivity contribution in [1.29, 1.82) is 0 Å². The first-order valence-electron chi connectivity index (χ1n) is 10.7. The van der Waals surface area contributed by atoms with Crippen molar-refractivity contribution in [3.8, 4) is 0 Å². The van der Waals surface area contributed by atoms with Crippen LogP contribution in [0.2, 0.25) is 0 Å². The Hall–Kier alpha value is -3.95. The number of imidazole rings is 1. The highest BCUT2D eigenvalue weighted by molar-refractivity contribution is 5.83. The lowest BCUT2D eigenvalue weighted by molar-refractivity contribution is -0.0384. The molecule has 1 aliphatic heterocycles. The fraction of sp³-hybridized carbons (Fsp3) is 0.421. The predicted octanol–water partition coefficient (Wildman–Crippen LogP) is -0.674. The van der Waals surface area contributed by atoms with E-state index in [1.807, 2.05) is 25.1 Å². The van der Waals surface area contributed by atoms with Crippen LogP contribution in [0.3, 0.4) is 0 Å². The lowest BCUT2D eigenvalue weighted by Crippen LogP contribution is -2.29. The molecule has 0 aliphatic carbocycles. The van der Waals surface area contributed by atoms with Gasteiger partial charge in [-0.2, -0.15) is 14.8 Å². The van der Waals surface area contributed by atoms with Crippen molar-refractivity contribution in [2.75, 3.05) is 29.5 Å². The van der Waals surface area contributed by atoms with Crippen LogP contribution in [-0.4, -0.2) is 80.2 Å². The van der Waals surface area contributed by atoms with Crippen LogP contribution < -0.4 is 16.4 Å². The van der Waals surface area contributed by atoms with Crippen molar-refractivity contribution < 1.29 is 14.9 Å². The van der Waals surface area contributed by atoms with Gasteiger partial charge in [0, 0.05) is 19.3 Å². The van der Waals surface area contributed by atoms with E-state index < -0.39 is 24.5 Å². The number of nitrogens with zero attached hydrogens (tertiary/aromatic N) is 9. The minimum atomic E-state index is -1.29. The number of nitrogen functional groups attached to an aromatic ring is 1. The fourth-order valence-corrected chi connectivity index (χ4v) is 3.64. The summed E-state index contributed by atoms with van der Waals surface area (Å²) in [6.45, 7) is 3.44. The van der Waals surface area contributed by atoms with Crippen LogP contribution in [0.15, 0.2) is 30.7 Å². The number of fused-ring (bicyclic) bond motifs is 1. The van der Waals surface area contributed by atoms with Gasteiger partial charge in [0.2, 0.25) is 11.8 Å². The third-order valence-corrected chi connectivity index (χ3v) is 5.35.